The van der Waals surface area contributed by atoms with E-state index in [-0.39, 0.29) is 56.8 Å². The van der Waals surface area contributed by atoms with Crippen LogP contribution >= 0.6 is 0 Å². The molecule has 0 fully saturated rings. The number of rotatable bonds is 6. The standard InChI is InChI=1S/C22H21N3O5/c1-2-3-9-30-10-8-25-21(28)15-16(22(25)29)18(24)14-13(17(15)23)19(26)11-6-4-5-7-12(11)20(14)27/h4-7H,2-3,8-10,23-24H2,1H3. The molecular weight excluding hydrogens is 386 g/mol. The van der Waals surface area contributed by atoms with Gasteiger partial charge in [-0.1, -0.05) is 37.6 Å². The molecule has 0 bridgehead atoms. The first-order valence-electron chi connectivity index (χ1n) is 9.77. The molecule has 0 saturated carbocycles. The van der Waals surface area contributed by atoms with E-state index in [0.717, 1.165) is 17.4 Å². The maximum absolute atomic E-state index is 13.1. The van der Waals surface area contributed by atoms with Gasteiger partial charge in [-0.05, 0) is 6.42 Å². The van der Waals surface area contributed by atoms with E-state index in [4.69, 9.17) is 16.2 Å². The smallest absolute Gasteiger partial charge is 0.263 e. The zero-order valence-corrected chi connectivity index (χ0v) is 16.5. The van der Waals surface area contributed by atoms with Crippen LogP contribution in [0.4, 0.5) is 11.4 Å². The third-order valence-corrected chi connectivity index (χ3v) is 5.47. The minimum Gasteiger partial charge on any atom is -0.397 e. The molecule has 4 aromatic rings. The van der Waals surface area contributed by atoms with Crippen LogP contribution in [0.15, 0.2) is 43.4 Å². The number of unbranched alkanes of at least 4 members (excludes halogenated alkanes) is 1. The van der Waals surface area contributed by atoms with Crippen molar-refractivity contribution in [1.82, 2.24) is 4.57 Å². The number of benzene rings is 3. The Kier molecular flexibility index (Phi) is 4.87. The van der Waals surface area contributed by atoms with Gasteiger partial charge in [0.2, 0.25) is 0 Å². The second-order valence-electron chi connectivity index (χ2n) is 7.26. The van der Waals surface area contributed by atoms with Crippen LogP contribution in [-0.2, 0) is 11.3 Å². The molecule has 154 valence electrons. The average Bonchev–Trinajstić information content (AvgIpc) is 2.99. The van der Waals surface area contributed by atoms with E-state index in [1.54, 1.807) is 12.1 Å². The maximum atomic E-state index is 13.1. The summed E-state index contributed by atoms with van der Waals surface area (Å²) < 4.78 is 6.45. The van der Waals surface area contributed by atoms with Crippen LogP contribution in [-0.4, -0.2) is 17.8 Å². The highest BCUT2D eigenvalue weighted by Gasteiger charge is 2.25. The fraction of sp³-hybridized carbons (Fsp3) is 0.273. The molecule has 0 spiro atoms. The van der Waals surface area contributed by atoms with Crippen molar-refractivity contribution in [3.05, 3.63) is 65.4 Å². The summed E-state index contributed by atoms with van der Waals surface area (Å²) in [5, 5.41) is -0.0806. The molecule has 0 radical (unpaired) electrons. The quantitative estimate of drug-likeness (QED) is 0.212. The molecule has 0 aliphatic heterocycles. The summed E-state index contributed by atoms with van der Waals surface area (Å²) in [4.78, 5) is 52.0. The summed E-state index contributed by atoms with van der Waals surface area (Å²) in [6.45, 7) is 2.76. The zero-order chi connectivity index (χ0) is 21.6. The first-order chi connectivity index (χ1) is 14.4. The number of nitrogen functional groups attached to an aromatic ring is 2. The summed E-state index contributed by atoms with van der Waals surface area (Å²) in [7, 11) is 0. The van der Waals surface area contributed by atoms with Crippen molar-refractivity contribution in [2.45, 2.75) is 26.3 Å². The SMILES string of the molecule is CCCCOCCn1c(=O)c2c(N)c3c(=O)c4ccccc4c(=O)c3c(N)c2c1=O. The molecule has 30 heavy (non-hydrogen) atoms. The van der Waals surface area contributed by atoms with Gasteiger partial charge in [-0.15, -0.1) is 0 Å². The van der Waals surface area contributed by atoms with Gasteiger partial charge < -0.3 is 16.2 Å². The fourth-order valence-electron chi connectivity index (χ4n) is 3.92. The largest absolute Gasteiger partial charge is 0.397 e. The molecule has 0 saturated heterocycles. The summed E-state index contributed by atoms with van der Waals surface area (Å²) in [5.74, 6) is 0. The van der Waals surface area contributed by atoms with Gasteiger partial charge in [0.25, 0.3) is 11.1 Å². The van der Waals surface area contributed by atoms with Crippen molar-refractivity contribution in [1.29, 1.82) is 0 Å². The van der Waals surface area contributed by atoms with E-state index >= 15 is 0 Å². The number of anilines is 2. The van der Waals surface area contributed by atoms with E-state index in [1.807, 2.05) is 6.92 Å². The number of hydrogen-bond donors (Lipinski definition) is 2. The topological polar surface area (TPSA) is 134 Å². The first-order valence-corrected chi connectivity index (χ1v) is 9.77. The molecular formula is C22H21N3O5. The van der Waals surface area contributed by atoms with Crippen LogP contribution in [0.2, 0.25) is 0 Å². The Morgan fingerprint density at radius 2 is 1.30 bits per heavy atom. The lowest BCUT2D eigenvalue weighted by atomic mass is 9.97. The highest BCUT2D eigenvalue weighted by Crippen LogP contribution is 2.31. The van der Waals surface area contributed by atoms with E-state index in [0.29, 0.717) is 6.61 Å². The van der Waals surface area contributed by atoms with Crippen molar-refractivity contribution in [2.24, 2.45) is 0 Å². The third-order valence-electron chi connectivity index (χ3n) is 5.47. The highest BCUT2D eigenvalue weighted by molar-refractivity contribution is 6.20. The predicted molar refractivity (Wildman–Crippen MR) is 119 cm³/mol. The Bertz CT molecular complexity index is 1400. The number of ether oxygens (including phenoxy) is 1. The van der Waals surface area contributed by atoms with Crippen molar-refractivity contribution < 1.29 is 4.74 Å². The Balaban J connectivity index is 2.04. The normalized spacial score (nSPS) is 11.8. The summed E-state index contributed by atoms with van der Waals surface area (Å²) >= 11 is 0. The van der Waals surface area contributed by atoms with Gasteiger partial charge in [0.1, 0.15) is 0 Å². The zero-order valence-electron chi connectivity index (χ0n) is 16.5. The van der Waals surface area contributed by atoms with Crippen LogP contribution < -0.4 is 33.4 Å². The number of fused-ring (bicyclic) bond motifs is 3. The third kappa shape index (κ3) is 2.72. The van der Waals surface area contributed by atoms with E-state index in [1.165, 1.54) is 12.1 Å². The molecule has 1 heterocycles. The molecule has 4 rings (SSSR count). The summed E-state index contributed by atoms with van der Waals surface area (Å²) in [6.07, 6.45) is 1.84. The molecule has 0 amide bonds. The Labute approximate surface area is 170 Å². The van der Waals surface area contributed by atoms with Crippen molar-refractivity contribution in [3.8, 4) is 0 Å². The van der Waals surface area contributed by atoms with E-state index in [2.05, 4.69) is 0 Å². The molecule has 8 heteroatoms. The monoisotopic (exact) mass is 407 g/mol. The first kappa shape index (κ1) is 19.8. The van der Waals surface area contributed by atoms with Gasteiger partial charge >= 0.3 is 0 Å². The minimum atomic E-state index is -0.639. The molecule has 0 aliphatic carbocycles. The minimum absolute atomic E-state index is 0.0295. The number of nitrogens with zero attached hydrogens (tertiary/aromatic N) is 1. The Morgan fingerprint density at radius 1 is 0.800 bits per heavy atom. The van der Waals surface area contributed by atoms with Crippen LogP contribution in [0, 0.1) is 0 Å². The van der Waals surface area contributed by atoms with Crippen LogP contribution in [0.1, 0.15) is 19.8 Å². The highest BCUT2D eigenvalue weighted by atomic mass is 16.5. The number of nitrogens with two attached hydrogens (primary N) is 2. The lowest BCUT2D eigenvalue weighted by molar-refractivity contribution is 0.122. The molecule has 1 aromatic heterocycles. The molecule has 4 N–H and O–H groups in total. The van der Waals surface area contributed by atoms with Gasteiger partial charge in [0.15, 0.2) is 10.9 Å². The predicted octanol–water partition coefficient (Wildman–Crippen LogP) is 1.25. The van der Waals surface area contributed by atoms with Crippen molar-refractivity contribution in [3.63, 3.8) is 0 Å². The second-order valence-corrected chi connectivity index (χ2v) is 7.26. The summed E-state index contributed by atoms with van der Waals surface area (Å²) in [5.41, 5.74) is 9.74. The van der Waals surface area contributed by atoms with Crippen molar-refractivity contribution in [2.75, 3.05) is 24.7 Å². The molecule has 8 nitrogen and oxygen atoms in total. The maximum Gasteiger partial charge on any atom is 0.263 e. The average molecular weight is 407 g/mol. The van der Waals surface area contributed by atoms with Crippen LogP contribution in [0.25, 0.3) is 32.3 Å². The summed E-state index contributed by atoms with van der Waals surface area (Å²) in [6, 6.07) is 6.32. The Hall–Kier alpha value is -3.52. The molecule has 0 atom stereocenters. The van der Waals surface area contributed by atoms with Gasteiger partial charge in [-0.25, -0.2) is 0 Å². The van der Waals surface area contributed by atoms with Gasteiger partial charge in [-0.3, -0.25) is 23.7 Å². The van der Waals surface area contributed by atoms with Gasteiger partial charge in [0, 0.05) is 17.4 Å². The molecule has 0 unspecified atom stereocenters. The molecule has 3 aromatic carbocycles. The van der Waals surface area contributed by atoms with Crippen LogP contribution in [0.3, 0.4) is 0 Å². The lowest BCUT2D eigenvalue weighted by Crippen LogP contribution is -2.27. The van der Waals surface area contributed by atoms with Gasteiger partial charge in [-0.2, -0.15) is 0 Å². The lowest BCUT2D eigenvalue weighted by Gasteiger charge is -2.07. The van der Waals surface area contributed by atoms with Gasteiger partial charge in [0.05, 0.1) is 46.1 Å². The number of hydrogen-bond acceptors (Lipinski definition) is 7. The van der Waals surface area contributed by atoms with E-state index < -0.39 is 22.0 Å². The van der Waals surface area contributed by atoms with Crippen LogP contribution in [0.5, 0.6) is 0 Å². The fourth-order valence-corrected chi connectivity index (χ4v) is 3.92. The van der Waals surface area contributed by atoms with E-state index in [9.17, 15) is 19.2 Å². The number of aromatic nitrogens is 1. The Morgan fingerprint density at radius 3 is 1.77 bits per heavy atom. The van der Waals surface area contributed by atoms with Crippen molar-refractivity contribution >= 4 is 43.7 Å². The molecule has 0 aliphatic rings. The second kappa shape index (κ2) is 7.38.